The third-order valence-electron chi connectivity index (χ3n) is 4.00. The lowest BCUT2D eigenvalue weighted by Gasteiger charge is -2.09. The van der Waals surface area contributed by atoms with Crippen molar-refractivity contribution in [3.8, 4) is 17.0 Å². The molecule has 0 unspecified atom stereocenters. The molecule has 3 aromatic rings. The molecule has 0 spiro atoms. The number of aromatic nitrogens is 2. The summed E-state index contributed by atoms with van der Waals surface area (Å²) in [5.41, 5.74) is 2.32. The molecule has 5 nitrogen and oxygen atoms in total. The molecule has 138 valence electrons. The van der Waals surface area contributed by atoms with Gasteiger partial charge in [0, 0.05) is 35.8 Å². The molecule has 0 radical (unpaired) electrons. The molecular formula is C19H15F2N3O2S. The van der Waals surface area contributed by atoms with E-state index in [1.807, 2.05) is 24.4 Å². The smallest absolute Gasteiger partial charge is 0.262 e. The largest absolute Gasteiger partial charge is 0.481 e. The van der Waals surface area contributed by atoms with Crippen LogP contribution in [0.15, 0.2) is 53.8 Å². The number of ether oxygens (including phenoxy) is 1. The molecule has 1 N–H and O–H groups in total. The normalized spacial score (nSPS) is 12.7. The van der Waals surface area contributed by atoms with Crippen molar-refractivity contribution in [3.05, 3.63) is 60.3 Å². The molecule has 0 fully saturated rings. The number of nitrogens with one attached hydrogen (secondary N) is 1. The Bertz CT molecular complexity index is 985. The standard InChI is InChI=1S/C19H15F2N3O2S/c20-13-4-5-17(15(21)9-13)26-11-18(25)22-14-3-1-2-12(8-14)16-10-24-6-7-27-19(24)23-16/h1-5,8-10H,6-7,11H2,(H,22,25). The van der Waals surface area contributed by atoms with Crippen molar-refractivity contribution in [2.75, 3.05) is 17.7 Å². The lowest BCUT2D eigenvalue weighted by molar-refractivity contribution is -0.118. The Labute approximate surface area is 158 Å². The molecule has 27 heavy (non-hydrogen) atoms. The van der Waals surface area contributed by atoms with E-state index >= 15 is 0 Å². The zero-order valence-electron chi connectivity index (χ0n) is 14.1. The number of carbonyl (C=O) groups is 1. The van der Waals surface area contributed by atoms with Gasteiger partial charge in [-0.2, -0.15) is 0 Å². The second-order valence-electron chi connectivity index (χ2n) is 5.94. The van der Waals surface area contributed by atoms with Gasteiger partial charge in [0.25, 0.3) is 5.91 Å². The topological polar surface area (TPSA) is 56.1 Å². The third kappa shape index (κ3) is 3.95. The van der Waals surface area contributed by atoms with E-state index in [2.05, 4.69) is 14.9 Å². The first kappa shape index (κ1) is 17.5. The van der Waals surface area contributed by atoms with Crippen LogP contribution < -0.4 is 10.1 Å². The molecule has 0 bridgehead atoms. The lowest BCUT2D eigenvalue weighted by Crippen LogP contribution is -2.20. The number of carbonyl (C=O) groups excluding carboxylic acids is 1. The third-order valence-corrected chi connectivity index (χ3v) is 4.97. The summed E-state index contributed by atoms with van der Waals surface area (Å²) in [4.78, 5) is 16.7. The van der Waals surface area contributed by atoms with E-state index in [9.17, 15) is 13.6 Å². The molecule has 0 saturated heterocycles. The first-order valence-corrected chi connectivity index (χ1v) is 9.25. The molecule has 4 rings (SSSR count). The molecular weight excluding hydrogens is 372 g/mol. The maximum atomic E-state index is 13.5. The summed E-state index contributed by atoms with van der Waals surface area (Å²) < 4.78 is 33.6. The average molecular weight is 387 g/mol. The highest BCUT2D eigenvalue weighted by Crippen LogP contribution is 2.29. The maximum Gasteiger partial charge on any atom is 0.262 e. The Morgan fingerprint density at radius 1 is 1.26 bits per heavy atom. The zero-order chi connectivity index (χ0) is 18.8. The Morgan fingerprint density at radius 3 is 2.96 bits per heavy atom. The molecule has 1 aromatic heterocycles. The molecule has 0 aliphatic carbocycles. The van der Waals surface area contributed by atoms with Gasteiger partial charge in [-0.15, -0.1) is 0 Å². The minimum Gasteiger partial charge on any atom is -0.481 e. The average Bonchev–Trinajstić information content (AvgIpc) is 3.23. The highest BCUT2D eigenvalue weighted by molar-refractivity contribution is 7.99. The summed E-state index contributed by atoms with van der Waals surface area (Å²) in [7, 11) is 0. The maximum absolute atomic E-state index is 13.5. The van der Waals surface area contributed by atoms with Crippen LogP contribution in [-0.2, 0) is 11.3 Å². The highest BCUT2D eigenvalue weighted by atomic mass is 32.2. The predicted octanol–water partition coefficient (Wildman–Crippen LogP) is 3.95. The van der Waals surface area contributed by atoms with E-state index in [1.165, 1.54) is 0 Å². The predicted molar refractivity (Wildman–Crippen MR) is 98.9 cm³/mol. The van der Waals surface area contributed by atoms with Gasteiger partial charge in [0.05, 0.1) is 5.69 Å². The summed E-state index contributed by atoms with van der Waals surface area (Å²) in [6.07, 6.45) is 2.00. The van der Waals surface area contributed by atoms with E-state index < -0.39 is 17.5 Å². The van der Waals surface area contributed by atoms with Crippen LogP contribution in [0.5, 0.6) is 5.75 Å². The molecule has 1 amide bonds. The highest BCUT2D eigenvalue weighted by Gasteiger charge is 2.15. The van der Waals surface area contributed by atoms with Crippen LogP contribution in [0.25, 0.3) is 11.3 Å². The van der Waals surface area contributed by atoms with Crippen molar-refractivity contribution in [1.29, 1.82) is 0 Å². The first-order chi connectivity index (χ1) is 13.1. The molecule has 2 aromatic carbocycles. The second kappa shape index (κ2) is 7.40. The van der Waals surface area contributed by atoms with E-state index in [0.717, 1.165) is 40.8 Å². The van der Waals surface area contributed by atoms with Crippen molar-refractivity contribution < 1.29 is 18.3 Å². The SMILES string of the molecule is O=C(COc1ccc(F)cc1F)Nc1cccc(-c2cn3c(n2)SCC3)c1. The number of amides is 1. The number of benzene rings is 2. The fourth-order valence-corrected chi connectivity index (χ4v) is 3.68. The van der Waals surface area contributed by atoms with Gasteiger partial charge in [0.2, 0.25) is 0 Å². The Morgan fingerprint density at radius 2 is 2.15 bits per heavy atom. The number of halogens is 2. The monoisotopic (exact) mass is 387 g/mol. The minimum atomic E-state index is -0.851. The zero-order valence-corrected chi connectivity index (χ0v) is 14.9. The number of anilines is 1. The van der Waals surface area contributed by atoms with Crippen molar-refractivity contribution >= 4 is 23.4 Å². The molecule has 0 atom stereocenters. The number of thioether (sulfide) groups is 1. The molecule has 0 saturated carbocycles. The fourth-order valence-electron chi connectivity index (χ4n) is 2.74. The van der Waals surface area contributed by atoms with Crippen LogP contribution in [-0.4, -0.2) is 27.8 Å². The van der Waals surface area contributed by atoms with E-state index in [0.29, 0.717) is 11.8 Å². The number of aryl methyl sites for hydroxylation is 1. The first-order valence-electron chi connectivity index (χ1n) is 8.26. The van der Waals surface area contributed by atoms with Gasteiger partial charge in [0.15, 0.2) is 23.3 Å². The molecule has 1 aliphatic rings. The minimum absolute atomic E-state index is 0.176. The number of hydrogen-bond donors (Lipinski definition) is 1. The molecule has 8 heteroatoms. The fraction of sp³-hybridized carbons (Fsp3) is 0.158. The van der Waals surface area contributed by atoms with Crippen LogP contribution in [0.4, 0.5) is 14.5 Å². The lowest BCUT2D eigenvalue weighted by atomic mass is 10.1. The van der Waals surface area contributed by atoms with Gasteiger partial charge in [-0.3, -0.25) is 4.79 Å². The van der Waals surface area contributed by atoms with Crippen molar-refractivity contribution in [3.63, 3.8) is 0 Å². The van der Waals surface area contributed by atoms with Gasteiger partial charge in [0.1, 0.15) is 5.82 Å². The number of nitrogens with zero attached hydrogens (tertiary/aromatic N) is 2. The number of imidazole rings is 1. The van der Waals surface area contributed by atoms with Gasteiger partial charge in [-0.25, -0.2) is 13.8 Å². The van der Waals surface area contributed by atoms with Crippen LogP contribution >= 0.6 is 11.8 Å². The number of fused-ring (bicyclic) bond motifs is 1. The molecule has 2 heterocycles. The Balaban J connectivity index is 1.41. The van der Waals surface area contributed by atoms with E-state index in [1.54, 1.807) is 17.8 Å². The Hall–Kier alpha value is -2.87. The van der Waals surface area contributed by atoms with Gasteiger partial charge in [-0.05, 0) is 24.3 Å². The number of rotatable bonds is 5. The van der Waals surface area contributed by atoms with Crippen LogP contribution in [0.2, 0.25) is 0 Å². The van der Waals surface area contributed by atoms with Gasteiger partial charge < -0.3 is 14.6 Å². The summed E-state index contributed by atoms with van der Waals surface area (Å²) in [5.74, 6) is -1.14. The summed E-state index contributed by atoms with van der Waals surface area (Å²) >= 11 is 1.72. The second-order valence-corrected chi connectivity index (χ2v) is 7.01. The van der Waals surface area contributed by atoms with Gasteiger partial charge in [-0.1, -0.05) is 23.9 Å². The summed E-state index contributed by atoms with van der Waals surface area (Å²) in [5, 5.41) is 3.70. The van der Waals surface area contributed by atoms with E-state index in [-0.39, 0.29) is 12.4 Å². The van der Waals surface area contributed by atoms with E-state index in [4.69, 9.17) is 4.74 Å². The van der Waals surface area contributed by atoms with Crippen molar-refractivity contribution in [2.24, 2.45) is 0 Å². The van der Waals surface area contributed by atoms with Crippen LogP contribution in [0, 0.1) is 11.6 Å². The van der Waals surface area contributed by atoms with Crippen molar-refractivity contribution in [2.45, 2.75) is 11.7 Å². The summed E-state index contributed by atoms with van der Waals surface area (Å²) in [6.45, 7) is 0.558. The Kier molecular flexibility index (Phi) is 4.81. The summed E-state index contributed by atoms with van der Waals surface area (Å²) in [6, 6.07) is 10.2. The quantitative estimate of drug-likeness (QED) is 0.720. The van der Waals surface area contributed by atoms with Gasteiger partial charge >= 0.3 is 0 Å². The van der Waals surface area contributed by atoms with Crippen molar-refractivity contribution in [1.82, 2.24) is 9.55 Å². The van der Waals surface area contributed by atoms with Crippen LogP contribution in [0.1, 0.15) is 0 Å². The van der Waals surface area contributed by atoms with Crippen LogP contribution in [0.3, 0.4) is 0 Å². The number of hydrogen-bond acceptors (Lipinski definition) is 4. The molecule has 1 aliphatic heterocycles.